The molecule has 1 N–H and O–H groups in total. The van der Waals surface area contributed by atoms with Gasteiger partial charge in [0, 0.05) is 14.9 Å². The lowest BCUT2D eigenvalue weighted by Crippen LogP contribution is -2.40. The molecular weight excluding hydrogens is 381 g/mol. The predicted octanol–water partition coefficient (Wildman–Crippen LogP) is 3.44. The summed E-state index contributed by atoms with van der Waals surface area (Å²) in [4.78, 5) is 12.0. The summed E-state index contributed by atoms with van der Waals surface area (Å²) in [6.45, 7) is 4.20. The first kappa shape index (κ1) is 14.0. The van der Waals surface area contributed by atoms with Crippen molar-refractivity contribution in [3.8, 4) is 0 Å². The van der Waals surface area contributed by atoms with E-state index in [2.05, 4.69) is 57.7 Å². The average Bonchev–Trinajstić information content (AvgIpc) is 2.25. The van der Waals surface area contributed by atoms with Crippen LogP contribution >= 0.6 is 38.5 Å². The summed E-state index contributed by atoms with van der Waals surface area (Å²) in [5.41, 5.74) is 0.745. The molecule has 1 atom stereocenters. The van der Waals surface area contributed by atoms with E-state index in [1.807, 2.05) is 24.3 Å². The van der Waals surface area contributed by atoms with Crippen molar-refractivity contribution < 1.29 is 4.79 Å². The van der Waals surface area contributed by atoms with Gasteiger partial charge in [0.05, 0.1) is 5.56 Å². The van der Waals surface area contributed by atoms with Gasteiger partial charge in [0.15, 0.2) is 0 Å². The first-order valence-corrected chi connectivity index (χ1v) is 7.37. The first-order chi connectivity index (χ1) is 7.56. The van der Waals surface area contributed by atoms with Crippen LogP contribution in [0.4, 0.5) is 0 Å². The van der Waals surface area contributed by atoms with Crippen molar-refractivity contribution in [2.45, 2.75) is 19.9 Å². The van der Waals surface area contributed by atoms with Crippen LogP contribution in [0.15, 0.2) is 24.3 Å². The average molecular weight is 396 g/mol. The molecule has 0 bridgehead atoms. The van der Waals surface area contributed by atoms with Crippen molar-refractivity contribution in [2.24, 2.45) is 5.92 Å². The van der Waals surface area contributed by atoms with Crippen molar-refractivity contribution in [2.75, 3.05) is 5.33 Å². The molecule has 0 saturated heterocycles. The maximum Gasteiger partial charge on any atom is 0.252 e. The summed E-state index contributed by atoms with van der Waals surface area (Å²) in [6.07, 6.45) is 0. The van der Waals surface area contributed by atoms with E-state index in [0.29, 0.717) is 5.92 Å². The molecule has 0 aliphatic rings. The molecular formula is C12H15BrINO. The molecule has 2 nitrogen and oxygen atoms in total. The van der Waals surface area contributed by atoms with E-state index in [0.717, 1.165) is 14.5 Å². The van der Waals surface area contributed by atoms with Crippen molar-refractivity contribution in [1.82, 2.24) is 5.32 Å². The lowest BCUT2D eigenvalue weighted by atomic mass is 10.1. The normalized spacial score (nSPS) is 12.6. The zero-order valence-electron chi connectivity index (χ0n) is 9.34. The minimum Gasteiger partial charge on any atom is -0.348 e. The third-order valence-electron chi connectivity index (χ3n) is 2.41. The van der Waals surface area contributed by atoms with Gasteiger partial charge in [-0.2, -0.15) is 0 Å². The fourth-order valence-electron chi connectivity index (χ4n) is 1.27. The zero-order valence-corrected chi connectivity index (χ0v) is 13.1. The van der Waals surface area contributed by atoms with Crippen LogP contribution in [0.2, 0.25) is 0 Å². The molecule has 0 saturated carbocycles. The molecule has 1 amide bonds. The van der Waals surface area contributed by atoms with E-state index >= 15 is 0 Å². The van der Waals surface area contributed by atoms with Crippen LogP contribution in [0.25, 0.3) is 0 Å². The number of rotatable bonds is 4. The quantitative estimate of drug-likeness (QED) is 0.614. The molecule has 0 radical (unpaired) electrons. The van der Waals surface area contributed by atoms with Gasteiger partial charge < -0.3 is 5.32 Å². The molecule has 1 rings (SSSR count). The highest BCUT2D eigenvalue weighted by atomic mass is 127. The lowest BCUT2D eigenvalue weighted by Gasteiger charge is -2.20. The Balaban J connectivity index is 2.76. The summed E-state index contributed by atoms with van der Waals surface area (Å²) >= 11 is 5.60. The second-order valence-corrected chi connectivity index (χ2v) is 5.77. The van der Waals surface area contributed by atoms with Crippen molar-refractivity contribution in [3.05, 3.63) is 33.4 Å². The van der Waals surface area contributed by atoms with E-state index in [9.17, 15) is 4.79 Å². The zero-order chi connectivity index (χ0) is 12.1. The van der Waals surface area contributed by atoms with Crippen LogP contribution in [0.1, 0.15) is 24.2 Å². The molecule has 0 aromatic heterocycles. The lowest BCUT2D eigenvalue weighted by molar-refractivity contribution is 0.0931. The van der Waals surface area contributed by atoms with Gasteiger partial charge in [-0.15, -0.1) is 0 Å². The highest BCUT2D eigenvalue weighted by Gasteiger charge is 2.16. The molecule has 88 valence electrons. The fraction of sp³-hybridized carbons (Fsp3) is 0.417. The van der Waals surface area contributed by atoms with Gasteiger partial charge >= 0.3 is 0 Å². The number of hydrogen-bond donors (Lipinski definition) is 1. The summed E-state index contributed by atoms with van der Waals surface area (Å²) in [5, 5.41) is 3.81. The molecule has 0 fully saturated rings. The number of nitrogens with one attached hydrogen (secondary N) is 1. The molecule has 1 unspecified atom stereocenters. The Morgan fingerprint density at radius 1 is 1.44 bits per heavy atom. The van der Waals surface area contributed by atoms with Gasteiger partial charge in [-0.1, -0.05) is 41.9 Å². The summed E-state index contributed by atoms with van der Waals surface area (Å²) in [6, 6.07) is 7.78. The Morgan fingerprint density at radius 3 is 2.56 bits per heavy atom. The van der Waals surface area contributed by atoms with Crippen LogP contribution in [0.5, 0.6) is 0 Å². The van der Waals surface area contributed by atoms with Crippen LogP contribution in [0, 0.1) is 9.49 Å². The third-order valence-corrected chi connectivity index (χ3v) is 4.04. The Hall–Kier alpha value is -0.100. The smallest absolute Gasteiger partial charge is 0.252 e. The van der Waals surface area contributed by atoms with E-state index in [4.69, 9.17) is 0 Å². The number of carbonyl (C=O) groups excluding carboxylic acids is 1. The van der Waals surface area contributed by atoms with Crippen LogP contribution in [0.3, 0.4) is 0 Å². The number of hydrogen-bond acceptors (Lipinski definition) is 1. The minimum atomic E-state index is 0.00292. The van der Waals surface area contributed by atoms with Gasteiger partial charge in [0.2, 0.25) is 0 Å². The maximum absolute atomic E-state index is 12.0. The van der Waals surface area contributed by atoms with Crippen molar-refractivity contribution in [3.63, 3.8) is 0 Å². The Bertz CT molecular complexity index is 368. The number of alkyl halides is 1. The van der Waals surface area contributed by atoms with Crippen molar-refractivity contribution >= 4 is 44.4 Å². The highest BCUT2D eigenvalue weighted by Crippen LogP contribution is 2.13. The molecule has 16 heavy (non-hydrogen) atoms. The number of carbonyl (C=O) groups is 1. The molecule has 0 aliphatic heterocycles. The van der Waals surface area contributed by atoms with Crippen LogP contribution in [-0.4, -0.2) is 17.3 Å². The molecule has 0 aliphatic carbocycles. The van der Waals surface area contributed by atoms with Crippen molar-refractivity contribution in [1.29, 1.82) is 0 Å². The van der Waals surface area contributed by atoms with Gasteiger partial charge in [-0.25, -0.2) is 0 Å². The fourth-order valence-corrected chi connectivity index (χ4v) is 2.82. The van der Waals surface area contributed by atoms with E-state index in [1.165, 1.54) is 0 Å². The highest BCUT2D eigenvalue weighted by molar-refractivity contribution is 14.1. The monoisotopic (exact) mass is 395 g/mol. The summed E-state index contributed by atoms with van der Waals surface area (Å²) in [7, 11) is 0. The maximum atomic E-state index is 12.0. The SMILES string of the molecule is CC(C)C(CBr)NC(=O)c1ccccc1I. The summed E-state index contributed by atoms with van der Waals surface area (Å²) in [5.74, 6) is 0.424. The van der Waals surface area contributed by atoms with Gasteiger partial charge in [-0.3, -0.25) is 4.79 Å². The second kappa shape index (κ2) is 6.59. The van der Waals surface area contributed by atoms with Crippen LogP contribution in [-0.2, 0) is 0 Å². The van der Waals surface area contributed by atoms with Gasteiger partial charge in [0.1, 0.15) is 0 Å². The first-order valence-electron chi connectivity index (χ1n) is 5.17. The van der Waals surface area contributed by atoms with E-state index in [-0.39, 0.29) is 11.9 Å². The molecule has 0 spiro atoms. The largest absolute Gasteiger partial charge is 0.348 e. The predicted molar refractivity (Wildman–Crippen MR) is 79.0 cm³/mol. The standard InChI is InChI=1S/C12H15BrINO/c1-8(2)11(7-13)15-12(16)9-5-3-4-6-10(9)14/h3-6,8,11H,7H2,1-2H3,(H,15,16). The number of benzene rings is 1. The van der Waals surface area contributed by atoms with E-state index < -0.39 is 0 Å². The van der Waals surface area contributed by atoms with Gasteiger partial charge in [-0.05, 0) is 40.6 Å². The van der Waals surface area contributed by atoms with Gasteiger partial charge in [0.25, 0.3) is 5.91 Å². The molecule has 1 aromatic rings. The summed E-state index contributed by atoms with van der Waals surface area (Å²) < 4.78 is 0.981. The Morgan fingerprint density at radius 2 is 2.06 bits per heavy atom. The second-order valence-electron chi connectivity index (χ2n) is 3.96. The number of halogens is 2. The van der Waals surface area contributed by atoms with E-state index in [1.54, 1.807) is 0 Å². The molecule has 1 aromatic carbocycles. The Labute approximate surface area is 118 Å². The Kier molecular flexibility index (Phi) is 5.75. The number of amides is 1. The topological polar surface area (TPSA) is 29.1 Å². The van der Waals surface area contributed by atoms with Crippen LogP contribution < -0.4 is 5.32 Å². The molecule has 0 heterocycles. The molecule has 4 heteroatoms. The third kappa shape index (κ3) is 3.73. The minimum absolute atomic E-state index is 0.00292.